The van der Waals surface area contributed by atoms with E-state index in [-0.39, 0.29) is 6.04 Å². The van der Waals surface area contributed by atoms with Gasteiger partial charge in [-0.1, -0.05) is 36.8 Å². The average Bonchev–Trinajstić information content (AvgIpc) is 3.50. The molecule has 2 aromatic heterocycles. The predicted octanol–water partition coefficient (Wildman–Crippen LogP) is 4.30. The van der Waals surface area contributed by atoms with Crippen LogP contribution >= 0.6 is 11.3 Å². The molecule has 3 aromatic rings. The molecule has 6 nitrogen and oxygen atoms in total. The molecule has 4 rings (SSSR count). The molecule has 30 heavy (non-hydrogen) atoms. The topological polar surface area (TPSA) is 65.7 Å². The van der Waals surface area contributed by atoms with Gasteiger partial charge in [0.15, 0.2) is 5.96 Å². The average molecular weight is 424 g/mol. The molecule has 1 saturated heterocycles. The number of benzene rings is 1. The van der Waals surface area contributed by atoms with E-state index in [0.29, 0.717) is 6.54 Å². The van der Waals surface area contributed by atoms with Crippen LogP contribution in [0.4, 0.5) is 0 Å². The molecular formula is C23H29N5OS. The summed E-state index contributed by atoms with van der Waals surface area (Å²) in [6, 6.07) is 14.5. The molecule has 1 aliphatic heterocycles. The van der Waals surface area contributed by atoms with E-state index in [1.54, 1.807) is 24.6 Å². The quantitative estimate of drug-likeness (QED) is 0.438. The summed E-state index contributed by atoms with van der Waals surface area (Å²) in [5.74, 6) is 1.78. The fourth-order valence-corrected chi connectivity index (χ4v) is 4.57. The smallest absolute Gasteiger partial charge is 0.191 e. The number of hydrogen-bond donors (Lipinski definition) is 2. The van der Waals surface area contributed by atoms with E-state index in [2.05, 4.69) is 44.1 Å². The molecule has 2 N–H and O–H groups in total. The number of nitrogens with one attached hydrogen (secondary N) is 2. The molecule has 1 fully saturated rings. The number of hydrogen-bond acceptors (Lipinski definition) is 5. The second-order valence-electron chi connectivity index (χ2n) is 7.43. The molecule has 3 heterocycles. The lowest BCUT2D eigenvalue weighted by Crippen LogP contribution is -2.44. The Hall–Kier alpha value is -2.64. The second-order valence-corrected chi connectivity index (χ2v) is 8.37. The van der Waals surface area contributed by atoms with Crippen molar-refractivity contribution in [2.24, 2.45) is 4.99 Å². The van der Waals surface area contributed by atoms with Gasteiger partial charge in [-0.2, -0.15) is 0 Å². The van der Waals surface area contributed by atoms with Gasteiger partial charge in [0.2, 0.25) is 0 Å². The molecule has 0 amide bonds. The summed E-state index contributed by atoms with van der Waals surface area (Å²) in [6.07, 6.45) is 5.57. The van der Waals surface area contributed by atoms with Crippen LogP contribution in [0.15, 0.2) is 63.5 Å². The summed E-state index contributed by atoms with van der Waals surface area (Å²) in [4.78, 5) is 11.6. The minimum absolute atomic E-state index is 0.211. The van der Waals surface area contributed by atoms with E-state index < -0.39 is 0 Å². The van der Waals surface area contributed by atoms with Crippen molar-refractivity contribution >= 4 is 17.3 Å². The van der Waals surface area contributed by atoms with Gasteiger partial charge in [0, 0.05) is 24.5 Å². The lowest BCUT2D eigenvalue weighted by Gasteiger charge is -2.33. The second kappa shape index (κ2) is 10.4. The highest BCUT2D eigenvalue weighted by atomic mass is 32.1. The van der Waals surface area contributed by atoms with Gasteiger partial charge in [-0.05, 0) is 38.1 Å². The molecule has 0 aliphatic carbocycles. The van der Waals surface area contributed by atoms with Gasteiger partial charge in [-0.3, -0.25) is 9.89 Å². The molecule has 1 atom stereocenters. The van der Waals surface area contributed by atoms with E-state index >= 15 is 0 Å². The maximum absolute atomic E-state index is 5.74. The number of aliphatic imine (C=N–C) groups is 1. The van der Waals surface area contributed by atoms with Crippen molar-refractivity contribution in [3.8, 4) is 11.3 Å². The lowest BCUT2D eigenvalue weighted by molar-refractivity contribution is 0.146. The Morgan fingerprint density at radius 1 is 1.13 bits per heavy atom. The van der Waals surface area contributed by atoms with Gasteiger partial charge in [-0.25, -0.2) is 4.98 Å². The van der Waals surface area contributed by atoms with E-state index in [4.69, 9.17) is 9.40 Å². The lowest BCUT2D eigenvalue weighted by atomic mass is 10.1. The fourth-order valence-electron chi connectivity index (χ4n) is 3.83. The Morgan fingerprint density at radius 3 is 2.70 bits per heavy atom. The first kappa shape index (κ1) is 20.6. The number of piperidine rings is 1. The first-order valence-electron chi connectivity index (χ1n) is 10.6. The van der Waals surface area contributed by atoms with Crippen LogP contribution in [0.3, 0.4) is 0 Å². The number of nitrogens with zero attached hydrogens (tertiary/aromatic N) is 3. The predicted molar refractivity (Wildman–Crippen MR) is 123 cm³/mol. The van der Waals surface area contributed by atoms with Crippen molar-refractivity contribution in [3.05, 3.63) is 64.9 Å². The third-order valence-electron chi connectivity index (χ3n) is 5.42. The zero-order chi connectivity index (χ0) is 20.6. The third-order valence-corrected chi connectivity index (χ3v) is 6.27. The Bertz CT molecular complexity index is 916. The minimum Gasteiger partial charge on any atom is -0.468 e. The zero-order valence-electron chi connectivity index (χ0n) is 17.4. The Labute approximate surface area is 182 Å². The molecule has 0 bridgehead atoms. The largest absolute Gasteiger partial charge is 0.468 e. The molecular weight excluding hydrogens is 394 g/mol. The van der Waals surface area contributed by atoms with Crippen LogP contribution in [0.2, 0.25) is 0 Å². The number of guanidine groups is 1. The van der Waals surface area contributed by atoms with Gasteiger partial charge in [0.05, 0.1) is 24.5 Å². The van der Waals surface area contributed by atoms with E-state index in [9.17, 15) is 0 Å². The van der Waals surface area contributed by atoms with Crippen LogP contribution < -0.4 is 10.6 Å². The van der Waals surface area contributed by atoms with Crippen LogP contribution in [-0.2, 0) is 6.54 Å². The van der Waals surface area contributed by atoms with Crippen LogP contribution in [0.5, 0.6) is 0 Å². The Kier molecular flexibility index (Phi) is 7.16. The maximum atomic E-state index is 5.74. The summed E-state index contributed by atoms with van der Waals surface area (Å²) < 4.78 is 5.74. The van der Waals surface area contributed by atoms with Crippen molar-refractivity contribution in [2.45, 2.75) is 31.8 Å². The van der Waals surface area contributed by atoms with Crippen LogP contribution in [0.25, 0.3) is 11.3 Å². The normalized spacial score (nSPS) is 16.4. The number of rotatable bonds is 7. The summed E-state index contributed by atoms with van der Waals surface area (Å²) in [7, 11) is 1.80. The zero-order valence-corrected chi connectivity index (χ0v) is 18.2. The number of aromatic nitrogens is 1. The van der Waals surface area contributed by atoms with Crippen LogP contribution in [0, 0.1) is 0 Å². The number of likely N-dealkylation sites (tertiary alicyclic amines) is 1. The molecule has 7 heteroatoms. The first-order chi connectivity index (χ1) is 14.8. The van der Waals surface area contributed by atoms with Crippen LogP contribution in [0.1, 0.15) is 36.1 Å². The fraction of sp³-hybridized carbons (Fsp3) is 0.391. The highest BCUT2D eigenvalue weighted by molar-refractivity contribution is 7.09. The molecule has 0 saturated carbocycles. The number of thiazole rings is 1. The van der Waals surface area contributed by atoms with Crippen molar-refractivity contribution < 1.29 is 4.42 Å². The molecule has 0 radical (unpaired) electrons. The Morgan fingerprint density at radius 2 is 1.97 bits per heavy atom. The third kappa shape index (κ3) is 5.29. The van der Waals surface area contributed by atoms with Gasteiger partial charge >= 0.3 is 0 Å². The Balaban J connectivity index is 1.33. The minimum atomic E-state index is 0.211. The van der Waals surface area contributed by atoms with Gasteiger partial charge in [-0.15, -0.1) is 11.3 Å². The van der Waals surface area contributed by atoms with E-state index in [1.807, 2.05) is 24.3 Å². The molecule has 1 aliphatic rings. The van der Waals surface area contributed by atoms with Gasteiger partial charge in [0.25, 0.3) is 0 Å². The number of furan rings is 1. The summed E-state index contributed by atoms with van der Waals surface area (Å²) >= 11 is 1.66. The van der Waals surface area contributed by atoms with E-state index in [0.717, 1.165) is 47.6 Å². The van der Waals surface area contributed by atoms with Crippen molar-refractivity contribution in [3.63, 3.8) is 0 Å². The SMILES string of the molecule is CN=C(NCc1nc(-c2ccccc2)cs1)NCC(c1ccco1)N1CCCCC1. The van der Waals surface area contributed by atoms with Crippen molar-refractivity contribution in [1.29, 1.82) is 0 Å². The monoisotopic (exact) mass is 423 g/mol. The standard InChI is InChI=1S/C23H29N5OS/c1-24-23(26-16-22-27-19(17-30-22)18-9-4-2-5-10-18)25-15-20(21-11-8-14-29-21)28-12-6-3-7-13-28/h2,4-5,8-11,14,17,20H,3,6-7,12-13,15-16H2,1H3,(H2,24,25,26). The van der Waals surface area contributed by atoms with Crippen LogP contribution in [-0.4, -0.2) is 42.5 Å². The maximum Gasteiger partial charge on any atom is 0.191 e. The highest BCUT2D eigenvalue weighted by Gasteiger charge is 2.24. The van der Waals surface area contributed by atoms with E-state index in [1.165, 1.54) is 19.3 Å². The van der Waals surface area contributed by atoms with Gasteiger partial charge in [0.1, 0.15) is 10.8 Å². The summed E-state index contributed by atoms with van der Waals surface area (Å²) in [5.41, 5.74) is 2.16. The first-order valence-corrected chi connectivity index (χ1v) is 11.4. The molecule has 0 spiro atoms. The summed E-state index contributed by atoms with van der Waals surface area (Å²) in [5, 5.41) is 10.0. The van der Waals surface area contributed by atoms with Gasteiger partial charge < -0.3 is 15.1 Å². The molecule has 1 aromatic carbocycles. The molecule has 158 valence electrons. The highest BCUT2D eigenvalue weighted by Crippen LogP contribution is 2.24. The van der Waals surface area contributed by atoms with Crippen molar-refractivity contribution in [1.82, 2.24) is 20.5 Å². The van der Waals surface area contributed by atoms with Crippen molar-refractivity contribution in [2.75, 3.05) is 26.7 Å². The summed E-state index contributed by atoms with van der Waals surface area (Å²) in [6.45, 7) is 3.62. The molecule has 1 unspecified atom stereocenters.